The maximum Gasteiger partial charge on any atom is 0.306 e. The first kappa shape index (κ1) is 14.5. The van der Waals surface area contributed by atoms with Crippen LogP contribution in [0.25, 0.3) is 0 Å². The summed E-state index contributed by atoms with van der Waals surface area (Å²) in [4.78, 5) is 11.1. The predicted molar refractivity (Wildman–Crippen MR) is 67.8 cm³/mol. The fourth-order valence-electron chi connectivity index (χ4n) is 2.99. The van der Waals surface area contributed by atoms with E-state index in [0.29, 0.717) is 6.42 Å². The number of aliphatic carboxylic acids is 1. The van der Waals surface area contributed by atoms with E-state index in [9.17, 15) is 9.90 Å². The molecule has 17 heavy (non-hydrogen) atoms. The van der Waals surface area contributed by atoms with Gasteiger partial charge in [0, 0.05) is 0 Å². The average molecular weight is 242 g/mol. The van der Waals surface area contributed by atoms with Crippen LogP contribution >= 0.6 is 0 Å². The molecule has 3 heteroatoms. The number of carboxylic acid groups (broad SMARTS) is 1. The molecule has 0 amide bonds. The molecule has 2 unspecified atom stereocenters. The molecular formula is C14H26O3. The highest BCUT2D eigenvalue weighted by atomic mass is 16.4. The maximum absolute atomic E-state index is 11.1. The van der Waals surface area contributed by atoms with Crippen LogP contribution in [-0.4, -0.2) is 21.8 Å². The molecule has 1 rings (SSSR count). The highest BCUT2D eigenvalue weighted by Crippen LogP contribution is 2.37. The Kier molecular flexibility index (Phi) is 5.44. The van der Waals surface area contributed by atoms with Crippen molar-refractivity contribution >= 4 is 5.97 Å². The molecule has 0 radical (unpaired) electrons. The second-order valence-electron chi connectivity index (χ2n) is 5.62. The molecule has 0 heterocycles. The molecule has 1 aliphatic carbocycles. The number of aliphatic hydroxyl groups is 1. The van der Waals surface area contributed by atoms with Crippen molar-refractivity contribution in [2.24, 2.45) is 11.8 Å². The molecule has 0 saturated heterocycles. The first-order valence-electron chi connectivity index (χ1n) is 6.94. The molecule has 2 atom stereocenters. The second-order valence-corrected chi connectivity index (χ2v) is 5.62. The third-order valence-electron chi connectivity index (χ3n) is 4.26. The van der Waals surface area contributed by atoms with E-state index in [4.69, 9.17) is 5.11 Å². The minimum atomic E-state index is -0.710. The molecular weight excluding hydrogens is 216 g/mol. The lowest BCUT2D eigenvalue weighted by Crippen LogP contribution is -2.40. The Bertz CT molecular complexity index is 244. The summed E-state index contributed by atoms with van der Waals surface area (Å²) in [5, 5.41) is 19.7. The lowest BCUT2D eigenvalue weighted by Gasteiger charge is -2.38. The molecule has 0 aromatic heterocycles. The van der Waals surface area contributed by atoms with Crippen LogP contribution < -0.4 is 0 Å². The first-order valence-corrected chi connectivity index (χ1v) is 6.94. The van der Waals surface area contributed by atoms with Gasteiger partial charge >= 0.3 is 5.97 Å². The SMILES string of the molecule is CCCC(CC(C)C1(O)CCCCC1)C(=O)O. The maximum atomic E-state index is 11.1. The second kappa shape index (κ2) is 6.39. The Morgan fingerprint density at radius 3 is 2.35 bits per heavy atom. The smallest absolute Gasteiger partial charge is 0.306 e. The van der Waals surface area contributed by atoms with Gasteiger partial charge in [-0.05, 0) is 31.6 Å². The highest BCUT2D eigenvalue weighted by molar-refractivity contribution is 5.69. The predicted octanol–water partition coefficient (Wildman–Crippen LogP) is 3.21. The average Bonchev–Trinajstić information content (AvgIpc) is 2.29. The van der Waals surface area contributed by atoms with E-state index < -0.39 is 11.6 Å². The minimum Gasteiger partial charge on any atom is -0.481 e. The highest BCUT2D eigenvalue weighted by Gasteiger charge is 2.36. The molecule has 3 nitrogen and oxygen atoms in total. The van der Waals surface area contributed by atoms with Gasteiger partial charge < -0.3 is 10.2 Å². The summed E-state index contributed by atoms with van der Waals surface area (Å²) in [5.41, 5.74) is -0.611. The normalized spacial score (nSPS) is 23.0. The summed E-state index contributed by atoms with van der Waals surface area (Å²) in [6.07, 6.45) is 7.25. The summed E-state index contributed by atoms with van der Waals surface area (Å²) < 4.78 is 0. The number of hydrogen-bond donors (Lipinski definition) is 2. The van der Waals surface area contributed by atoms with Crippen LogP contribution in [0.2, 0.25) is 0 Å². The van der Waals surface area contributed by atoms with Gasteiger partial charge in [-0.25, -0.2) is 0 Å². The molecule has 2 N–H and O–H groups in total. The summed E-state index contributed by atoms with van der Waals surface area (Å²) in [6.45, 7) is 4.02. The number of rotatable bonds is 6. The lowest BCUT2D eigenvalue weighted by molar-refractivity contribution is -0.143. The third-order valence-corrected chi connectivity index (χ3v) is 4.26. The number of hydrogen-bond acceptors (Lipinski definition) is 2. The van der Waals surface area contributed by atoms with Gasteiger partial charge in [0.2, 0.25) is 0 Å². The summed E-state index contributed by atoms with van der Waals surface area (Å²) in [6, 6.07) is 0. The van der Waals surface area contributed by atoms with Crippen LogP contribution in [0.15, 0.2) is 0 Å². The first-order chi connectivity index (χ1) is 7.99. The van der Waals surface area contributed by atoms with Crippen molar-refractivity contribution in [2.45, 2.75) is 70.8 Å². The van der Waals surface area contributed by atoms with Gasteiger partial charge in [-0.15, -0.1) is 0 Å². The van der Waals surface area contributed by atoms with E-state index in [1.807, 2.05) is 13.8 Å². The molecule has 0 aromatic rings. The van der Waals surface area contributed by atoms with Crippen molar-refractivity contribution in [3.63, 3.8) is 0 Å². The van der Waals surface area contributed by atoms with Gasteiger partial charge in [0.05, 0.1) is 11.5 Å². The van der Waals surface area contributed by atoms with E-state index in [1.54, 1.807) is 0 Å². The Balaban J connectivity index is 2.55. The molecule has 1 aliphatic rings. The van der Waals surface area contributed by atoms with Gasteiger partial charge in [0.1, 0.15) is 0 Å². The number of carboxylic acids is 1. The van der Waals surface area contributed by atoms with Gasteiger partial charge in [0.25, 0.3) is 0 Å². The Hall–Kier alpha value is -0.570. The molecule has 1 fully saturated rings. The summed E-state index contributed by atoms with van der Waals surface area (Å²) >= 11 is 0. The Morgan fingerprint density at radius 1 is 1.29 bits per heavy atom. The van der Waals surface area contributed by atoms with Crippen LogP contribution in [0.1, 0.15) is 65.2 Å². The van der Waals surface area contributed by atoms with Crippen molar-refractivity contribution in [3.8, 4) is 0 Å². The van der Waals surface area contributed by atoms with Crippen molar-refractivity contribution in [1.29, 1.82) is 0 Å². The van der Waals surface area contributed by atoms with E-state index in [-0.39, 0.29) is 11.8 Å². The molecule has 100 valence electrons. The Labute approximate surface area is 104 Å². The van der Waals surface area contributed by atoms with E-state index in [1.165, 1.54) is 6.42 Å². The molecule has 1 saturated carbocycles. The standard InChI is InChI=1S/C14H26O3/c1-3-7-12(13(15)16)10-11(2)14(17)8-5-4-6-9-14/h11-12,17H,3-10H2,1-2H3,(H,15,16). The van der Waals surface area contributed by atoms with Gasteiger partial charge in [-0.1, -0.05) is 39.5 Å². The molecule has 0 aromatic carbocycles. The largest absolute Gasteiger partial charge is 0.481 e. The van der Waals surface area contributed by atoms with E-state index in [2.05, 4.69) is 0 Å². The Morgan fingerprint density at radius 2 is 1.88 bits per heavy atom. The van der Waals surface area contributed by atoms with Crippen molar-refractivity contribution in [1.82, 2.24) is 0 Å². The topological polar surface area (TPSA) is 57.5 Å². The fourth-order valence-corrected chi connectivity index (χ4v) is 2.99. The number of carbonyl (C=O) groups is 1. The molecule has 0 aliphatic heterocycles. The van der Waals surface area contributed by atoms with Crippen LogP contribution in [0.4, 0.5) is 0 Å². The zero-order valence-corrected chi connectivity index (χ0v) is 11.1. The van der Waals surface area contributed by atoms with E-state index >= 15 is 0 Å². The van der Waals surface area contributed by atoms with Crippen LogP contribution in [0.3, 0.4) is 0 Å². The lowest BCUT2D eigenvalue weighted by atomic mass is 9.73. The minimum absolute atomic E-state index is 0.0930. The monoisotopic (exact) mass is 242 g/mol. The van der Waals surface area contributed by atoms with Crippen molar-refractivity contribution < 1.29 is 15.0 Å². The van der Waals surface area contributed by atoms with Crippen LogP contribution in [0.5, 0.6) is 0 Å². The summed E-state index contributed by atoms with van der Waals surface area (Å²) in [5.74, 6) is -0.908. The third kappa shape index (κ3) is 3.98. The fraction of sp³-hybridized carbons (Fsp3) is 0.929. The van der Waals surface area contributed by atoms with E-state index in [0.717, 1.165) is 38.5 Å². The quantitative estimate of drug-likeness (QED) is 0.752. The zero-order chi connectivity index (χ0) is 12.9. The van der Waals surface area contributed by atoms with Gasteiger partial charge in [-0.2, -0.15) is 0 Å². The van der Waals surface area contributed by atoms with Gasteiger partial charge in [0.15, 0.2) is 0 Å². The van der Waals surface area contributed by atoms with Gasteiger partial charge in [-0.3, -0.25) is 4.79 Å². The summed E-state index contributed by atoms with van der Waals surface area (Å²) in [7, 11) is 0. The molecule has 0 spiro atoms. The molecule has 0 bridgehead atoms. The van der Waals surface area contributed by atoms with Crippen molar-refractivity contribution in [3.05, 3.63) is 0 Å². The van der Waals surface area contributed by atoms with Crippen LogP contribution in [0, 0.1) is 11.8 Å². The zero-order valence-electron chi connectivity index (χ0n) is 11.1. The van der Waals surface area contributed by atoms with Crippen LogP contribution in [-0.2, 0) is 4.79 Å². The van der Waals surface area contributed by atoms with Crippen molar-refractivity contribution in [2.75, 3.05) is 0 Å².